The van der Waals surface area contributed by atoms with Gasteiger partial charge in [0.1, 0.15) is 0 Å². The number of hydrogen-bond acceptors (Lipinski definition) is 5. The molecule has 0 saturated heterocycles. The van der Waals surface area contributed by atoms with Crippen LogP contribution in [0.2, 0.25) is 0 Å². The van der Waals surface area contributed by atoms with E-state index in [0.717, 1.165) is 6.26 Å². The van der Waals surface area contributed by atoms with Gasteiger partial charge in [-0.15, -0.1) is 11.3 Å². The van der Waals surface area contributed by atoms with Gasteiger partial charge in [-0.3, -0.25) is 0 Å². The molecule has 1 aromatic rings. The Balaban J connectivity index is 2.55. The van der Waals surface area contributed by atoms with Gasteiger partial charge < -0.3 is 5.73 Å². The standard InChI is InChI=1S/C5H9N3O2S2/c1-12(9,10)7-2-4-3-11-5(6)8-4/h3,7H,2H2,1H3,(H2,6,8). The summed E-state index contributed by atoms with van der Waals surface area (Å²) in [6.45, 7) is 0.201. The fourth-order valence-corrected chi connectivity index (χ4v) is 1.58. The van der Waals surface area contributed by atoms with Gasteiger partial charge in [-0.2, -0.15) is 0 Å². The van der Waals surface area contributed by atoms with Gasteiger partial charge in [-0.1, -0.05) is 0 Å². The first-order chi connectivity index (χ1) is 5.47. The van der Waals surface area contributed by atoms with E-state index in [4.69, 9.17) is 5.73 Å². The SMILES string of the molecule is CS(=O)(=O)NCc1csc(N)n1. The summed E-state index contributed by atoms with van der Waals surface area (Å²) in [5, 5.41) is 2.16. The van der Waals surface area contributed by atoms with Crippen LogP contribution in [0.25, 0.3) is 0 Å². The molecule has 0 aliphatic carbocycles. The number of rotatable bonds is 3. The molecular weight excluding hydrogens is 198 g/mol. The number of nitrogens with one attached hydrogen (secondary N) is 1. The highest BCUT2D eigenvalue weighted by Crippen LogP contribution is 2.10. The van der Waals surface area contributed by atoms with Crippen LogP contribution in [0.15, 0.2) is 5.38 Å². The minimum atomic E-state index is -3.14. The number of thiazole rings is 1. The Morgan fingerprint density at radius 1 is 1.75 bits per heavy atom. The number of anilines is 1. The number of aromatic nitrogens is 1. The van der Waals surface area contributed by atoms with Crippen LogP contribution in [0.4, 0.5) is 5.13 Å². The predicted molar refractivity (Wildman–Crippen MR) is 48.2 cm³/mol. The van der Waals surface area contributed by atoms with E-state index in [-0.39, 0.29) is 6.54 Å². The van der Waals surface area contributed by atoms with E-state index in [1.54, 1.807) is 5.38 Å². The lowest BCUT2D eigenvalue weighted by Crippen LogP contribution is -2.21. The smallest absolute Gasteiger partial charge is 0.209 e. The highest BCUT2D eigenvalue weighted by Gasteiger charge is 2.02. The van der Waals surface area contributed by atoms with Crippen LogP contribution in [-0.4, -0.2) is 19.7 Å². The van der Waals surface area contributed by atoms with Crippen LogP contribution in [0, 0.1) is 0 Å². The van der Waals surface area contributed by atoms with Crippen LogP contribution in [-0.2, 0) is 16.6 Å². The Morgan fingerprint density at radius 2 is 2.42 bits per heavy atom. The van der Waals surface area contributed by atoms with Crippen molar-refractivity contribution in [2.24, 2.45) is 0 Å². The van der Waals surface area contributed by atoms with Gasteiger partial charge in [0.25, 0.3) is 0 Å². The molecule has 0 aliphatic heterocycles. The molecule has 0 unspecified atom stereocenters. The van der Waals surface area contributed by atoms with Gasteiger partial charge >= 0.3 is 0 Å². The third kappa shape index (κ3) is 3.16. The van der Waals surface area contributed by atoms with Gasteiger partial charge in [-0.25, -0.2) is 18.1 Å². The van der Waals surface area contributed by atoms with E-state index in [2.05, 4.69) is 9.71 Å². The van der Waals surface area contributed by atoms with Crippen molar-refractivity contribution in [1.82, 2.24) is 9.71 Å². The second kappa shape index (κ2) is 3.38. The minimum absolute atomic E-state index is 0.201. The van der Waals surface area contributed by atoms with Crippen LogP contribution < -0.4 is 10.5 Å². The molecule has 1 rings (SSSR count). The Morgan fingerprint density at radius 3 is 2.83 bits per heavy atom. The maximum Gasteiger partial charge on any atom is 0.209 e. The van der Waals surface area contributed by atoms with Crippen molar-refractivity contribution in [1.29, 1.82) is 0 Å². The number of nitrogens with two attached hydrogens (primary N) is 1. The molecule has 68 valence electrons. The molecule has 0 bridgehead atoms. The first-order valence-electron chi connectivity index (χ1n) is 3.12. The number of sulfonamides is 1. The summed E-state index contributed by atoms with van der Waals surface area (Å²) < 4.78 is 23.6. The molecule has 7 heteroatoms. The van der Waals surface area contributed by atoms with Gasteiger partial charge in [0.15, 0.2) is 5.13 Å². The van der Waals surface area contributed by atoms with E-state index in [0.29, 0.717) is 10.8 Å². The van der Waals surface area contributed by atoms with Gasteiger partial charge in [0.05, 0.1) is 18.5 Å². The third-order valence-electron chi connectivity index (χ3n) is 1.08. The number of nitrogen functional groups attached to an aromatic ring is 1. The molecule has 0 atom stereocenters. The highest BCUT2D eigenvalue weighted by atomic mass is 32.2. The van der Waals surface area contributed by atoms with Gasteiger partial charge in [0, 0.05) is 5.38 Å². The average Bonchev–Trinajstić information content (AvgIpc) is 2.30. The number of nitrogens with zero attached hydrogens (tertiary/aromatic N) is 1. The zero-order valence-electron chi connectivity index (χ0n) is 6.44. The van der Waals surface area contributed by atoms with Crippen molar-refractivity contribution in [3.8, 4) is 0 Å². The molecule has 0 aromatic carbocycles. The molecule has 1 aromatic heterocycles. The maximum atomic E-state index is 10.6. The van der Waals surface area contributed by atoms with Crippen LogP contribution in [0.5, 0.6) is 0 Å². The molecule has 0 fully saturated rings. The van der Waals surface area contributed by atoms with E-state index < -0.39 is 10.0 Å². The molecule has 5 nitrogen and oxygen atoms in total. The molecule has 3 N–H and O–H groups in total. The predicted octanol–water partition coefficient (Wildman–Crippen LogP) is -0.226. The van der Waals surface area contributed by atoms with Crippen molar-refractivity contribution in [3.05, 3.63) is 11.1 Å². The van der Waals surface area contributed by atoms with E-state index >= 15 is 0 Å². The average molecular weight is 207 g/mol. The molecule has 0 amide bonds. The molecule has 0 aliphatic rings. The van der Waals surface area contributed by atoms with Crippen molar-refractivity contribution >= 4 is 26.5 Å². The maximum absolute atomic E-state index is 10.6. The lowest BCUT2D eigenvalue weighted by atomic mass is 10.5. The summed E-state index contributed by atoms with van der Waals surface area (Å²) in [6, 6.07) is 0. The molecule has 0 spiro atoms. The van der Waals surface area contributed by atoms with Crippen molar-refractivity contribution in [3.63, 3.8) is 0 Å². The Kier molecular flexibility index (Phi) is 2.65. The summed E-state index contributed by atoms with van der Waals surface area (Å²) in [5.41, 5.74) is 5.99. The monoisotopic (exact) mass is 207 g/mol. The van der Waals surface area contributed by atoms with Gasteiger partial charge in [-0.05, 0) is 0 Å². The third-order valence-corrected chi connectivity index (χ3v) is 2.48. The van der Waals surface area contributed by atoms with E-state index in [1.807, 2.05) is 0 Å². The zero-order chi connectivity index (χ0) is 9.19. The van der Waals surface area contributed by atoms with Gasteiger partial charge in [0.2, 0.25) is 10.0 Å². The quantitative estimate of drug-likeness (QED) is 0.717. The Hall–Kier alpha value is -0.660. The summed E-state index contributed by atoms with van der Waals surface area (Å²) in [4.78, 5) is 3.88. The fourth-order valence-electron chi connectivity index (χ4n) is 0.609. The summed E-state index contributed by atoms with van der Waals surface area (Å²) >= 11 is 1.29. The fraction of sp³-hybridized carbons (Fsp3) is 0.400. The van der Waals surface area contributed by atoms with E-state index in [9.17, 15) is 8.42 Å². The topological polar surface area (TPSA) is 85.1 Å². The van der Waals surface area contributed by atoms with Crippen molar-refractivity contribution in [2.75, 3.05) is 12.0 Å². The molecule has 1 heterocycles. The summed E-state index contributed by atoms with van der Waals surface area (Å²) in [7, 11) is -3.14. The van der Waals surface area contributed by atoms with Crippen LogP contribution >= 0.6 is 11.3 Å². The van der Waals surface area contributed by atoms with Crippen molar-refractivity contribution in [2.45, 2.75) is 6.54 Å². The second-order valence-corrected chi connectivity index (χ2v) is 4.99. The zero-order valence-corrected chi connectivity index (χ0v) is 8.08. The summed E-state index contributed by atoms with van der Waals surface area (Å²) in [5.74, 6) is 0. The summed E-state index contributed by atoms with van der Waals surface area (Å²) in [6.07, 6.45) is 1.10. The minimum Gasteiger partial charge on any atom is -0.375 e. The molecular formula is C5H9N3O2S2. The second-order valence-electron chi connectivity index (χ2n) is 2.27. The van der Waals surface area contributed by atoms with Crippen LogP contribution in [0.3, 0.4) is 0 Å². The Bertz CT molecular complexity index is 357. The van der Waals surface area contributed by atoms with E-state index in [1.165, 1.54) is 11.3 Å². The molecule has 0 saturated carbocycles. The van der Waals surface area contributed by atoms with Crippen LogP contribution in [0.1, 0.15) is 5.69 Å². The highest BCUT2D eigenvalue weighted by molar-refractivity contribution is 7.88. The first-order valence-corrected chi connectivity index (χ1v) is 5.89. The molecule has 12 heavy (non-hydrogen) atoms. The largest absolute Gasteiger partial charge is 0.375 e. The first kappa shape index (κ1) is 9.43. The molecule has 0 radical (unpaired) electrons. The Labute approximate surface area is 74.7 Å². The lowest BCUT2D eigenvalue weighted by Gasteiger charge is -1.96. The normalized spacial score (nSPS) is 11.8. The van der Waals surface area contributed by atoms with Crippen molar-refractivity contribution < 1.29 is 8.42 Å². The lowest BCUT2D eigenvalue weighted by molar-refractivity contribution is 0.587. The number of hydrogen-bond donors (Lipinski definition) is 2.